The Bertz CT molecular complexity index is 430. The number of hydrogen-bond donors (Lipinski definition) is 0. The molecule has 0 atom stereocenters. The van der Waals surface area contributed by atoms with Crippen LogP contribution in [-0.4, -0.2) is 71.0 Å². The Balaban J connectivity index is 1.52. The maximum absolute atomic E-state index is 3.97. The van der Waals surface area contributed by atoms with Crippen LogP contribution in [0, 0.1) is 11.3 Å². The van der Waals surface area contributed by atoms with Crippen molar-refractivity contribution in [3.8, 4) is 11.3 Å². The Kier molecular flexibility index (Phi) is 8.90. The number of piperidine rings is 4. The van der Waals surface area contributed by atoms with Crippen LogP contribution in [0.5, 0.6) is 0 Å². The quantitative estimate of drug-likeness (QED) is 0.440. The first-order chi connectivity index (χ1) is 13.9. The first-order valence-corrected chi connectivity index (χ1v) is 14.5. The van der Waals surface area contributed by atoms with Gasteiger partial charge in [-0.25, -0.2) is 0 Å². The lowest BCUT2D eigenvalue weighted by atomic mass is 10.2. The van der Waals surface area contributed by atoms with E-state index in [1.165, 1.54) is 129 Å². The Labute approximate surface area is 176 Å². The fourth-order valence-corrected chi connectivity index (χ4v) is 9.64. The van der Waals surface area contributed by atoms with Crippen molar-refractivity contribution < 1.29 is 0 Å². The first-order valence-electron chi connectivity index (χ1n) is 12.0. The van der Waals surface area contributed by atoms with Gasteiger partial charge < -0.3 is 0 Å². The van der Waals surface area contributed by atoms with Crippen molar-refractivity contribution in [1.29, 1.82) is 0 Å². The summed E-state index contributed by atoms with van der Waals surface area (Å²) in [6, 6.07) is 0. The zero-order chi connectivity index (χ0) is 19.0. The minimum absolute atomic E-state index is 0.403. The summed E-state index contributed by atoms with van der Waals surface area (Å²) in [6.07, 6.45) is 16.7. The van der Waals surface area contributed by atoms with Crippen LogP contribution in [0.1, 0.15) is 77.0 Å². The summed E-state index contributed by atoms with van der Waals surface area (Å²) in [5.41, 5.74) is 7.93. The highest BCUT2D eigenvalue weighted by molar-refractivity contribution is 7.62. The predicted molar refractivity (Wildman–Crippen MR) is 123 cm³/mol. The summed E-state index contributed by atoms with van der Waals surface area (Å²) < 4.78 is 11.1. The second kappa shape index (κ2) is 11.6. The van der Waals surface area contributed by atoms with Crippen molar-refractivity contribution in [1.82, 2.24) is 18.7 Å². The Morgan fingerprint density at radius 1 is 0.321 bits per heavy atom. The molecule has 0 radical (unpaired) electrons. The Morgan fingerprint density at radius 2 is 0.536 bits per heavy atom. The van der Waals surface area contributed by atoms with Gasteiger partial charge in [0.25, 0.3) is 0 Å². The molecule has 0 unspecified atom stereocenters. The monoisotopic (exact) mass is 422 g/mol. The second-order valence-electron chi connectivity index (χ2n) is 8.86. The number of rotatable bonds is 4. The molecule has 4 rings (SSSR count). The summed E-state index contributed by atoms with van der Waals surface area (Å²) >= 11 is 0. The van der Waals surface area contributed by atoms with E-state index in [4.69, 9.17) is 0 Å². The fraction of sp³-hybridized carbons (Fsp3) is 0.909. The molecule has 0 aromatic carbocycles. The molecule has 4 aliphatic heterocycles. The molecule has 28 heavy (non-hydrogen) atoms. The minimum atomic E-state index is -0.403. The SMILES string of the molecule is C(#CP(N1CCCCC1)N1CCCCC1)P(N1CCCCC1)N1CCCCC1. The maximum Gasteiger partial charge on any atom is 0.122 e. The molecule has 4 fully saturated rings. The topological polar surface area (TPSA) is 13.0 Å². The van der Waals surface area contributed by atoms with Crippen LogP contribution in [-0.2, 0) is 0 Å². The molecule has 0 N–H and O–H groups in total. The third-order valence-corrected chi connectivity index (χ3v) is 11.2. The van der Waals surface area contributed by atoms with Gasteiger partial charge in [-0.1, -0.05) is 25.7 Å². The van der Waals surface area contributed by atoms with Crippen molar-refractivity contribution in [3.63, 3.8) is 0 Å². The van der Waals surface area contributed by atoms with Crippen LogP contribution in [0.25, 0.3) is 0 Å². The van der Waals surface area contributed by atoms with Gasteiger partial charge in [0.2, 0.25) is 0 Å². The average Bonchev–Trinajstić information content (AvgIpc) is 2.79. The summed E-state index contributed by atoms with van der Waals surface area (Å²) in [4.78, 5) is 0. The van der Waals surface area contributed by atoms with Crippen molar-refractivity contribution in [2.45, 2.75) is 77.0 Å². The molecule has 0 aromatic rings. The van der Waals surface area contributed by atoms with E-state index in [2.05, 4.69) is 30.0 Å². The van der Waals surface area contributed by atoms with Gasteiger partial charge in [-0.05, 0) is 62.7 Å². The molecule has 0 aromatic heterocycles. The number of nitrogens with zero attached hydrogens (tertiary/aromatic N) is 4. The molecule has 0 amide bonds. The van der Waals surface area contributed by atoms with Crippen LogP contribution in [0.15, 0.2) is 0 Å². The second-order valence-corrected chi connectivity index (χ2v) is 12.7. The normalized spacial score (nSPS) is 27.1. The van der Waals surface area contributed by atoms with Gasteiger partial charge in [0, 0.05) is 52.4 Å². The smallest absolute Gasteiger partial charge is 0.122 e. The highest BCUT2D eigenvalue weighted by Crippen LogP contribution is 2.50. The van der Waals surface area contributed by atoms with Crippen molar-refractivity contribution in [2.75, 3.05) is 52.4 Å². The van der Waals surface area contributed by atoms with E-state index in [0.29, 0.717) is 0 Å². The molecular formula is C22H40N4P2. The largest absolute Gasteiger partial charge is 0.260 e. The summed E-state index contributed by atoms with van der Waals surface area (Å²) in [7, 11) is -0.806. The number of hydrogen-bond acceptors (Lipinski definition) is 4. The standard InChI is InChI=1S/C22H40N4P2/c1-5-13-23(14-6-1)27(24-15-7-2-8-16-24)21-22-28(25-17-9-3-10-18-25)26-19-11-4-12-20-26/h1-20H2. The Morgan fingerprint density at radius 3 is 0.750 bits per heavy atom. The van der Waals surface area contributed by atoms with Crippen LogP contribution < -0.4 is 0 Å². The highest BCUT2D eigenvalue weighted by atomic mass is 31.1. The zero-order valence-electron chi connectivity index (χ0n) is 17.8. The van der Waals surface area contributed by atoms with Crippen LogP contribution in [0.2, 0.25) is 0 Å². The summed E-state index contributed by atoms with van der Waals surface area (Å²) in [5, 5.41) is 0. The minimum Gasteiger partial charge on any atom is -0.260 e. The molecule has 6 heteroatoms. The fourth-order valence-electron chi connectivity index (χ4n) is 5.00. The summed E-state index contributed by atoms with van der Waals surface area (Å²) in [5.74, 6) is 0. The predicted octanol–water partition coefficient (Wildman–Crippen LogP) is 5.47. The van der Waals surface area contributed by atoms with Crippen molar-refractivity contribution in [2.24, 2.45) is 0 Å². The molecule has 4 heterocycles. The van der Waals surface area contributed by atoms with Gasteiger partial charge in [-0.3, -0.25) is 18.7 Å². The van der Waals surface area contributed by atoms with Gasteiger partial charge in [-0.2, -0.15) is 0 Å². The Hall–Kier alpha value is 0.260. The molecule has 158 valence electrons. The first kappa shape index (κ1) is 21.5. The lowest BCUT2D eigenvalue weighted by Crippen LogP contribution is -2.35. The average molecular weight is 423 g/mol. The van der Waals surface area contributed by atoms with Crippen LogP contribution in [0.3, 0.4) is 0 Å². The van der Waals surface area contributed by atoms with Gasteiger partial charge in [0.15, 0.2) is 0 Å². The molecule has 4 saturated heterocycles. The van der Waals surface area contributed by atoms with E-state index in [1.54, 1.807) is 0 Å². The lowest BCUT2D eigenvalue weighted by molar-refractivity contribution is 0.314. The van der Waals surface area contributed by atoms with Gasteiger partial charge in [0.1, 0.15) is 16.4 Å². The third-order valence-electron chi connectivity index (χ3n) is 6.65. The highest BCUT2D eigenvalue weighted by Gasteiger charge is 2.29. The van der Waals surface area contributed by atoms with Gasteiger partial charge >= 0.3 is 0 Å². The van der Waals surface area contributed by atoms with Gasteiger partial charge in [0.05, 0.1) is 0 Å². The zero-order valence-corrected chi connectivity index (χ0v) is 19.6. The van der Waals surface area contributed by atoms with E-state index >= 15 is 0 Å². The molecule has 0 bridgehead atoms. The lowest BCUT2D eigenvalue weighted by Gasteiger charge is -2.41. The van der Waals surface area contributed by atoms with Crippen molar-refractivity contribution >= 4 is 16.4 Å². The molecular weight excluding hydrogens is 382 g/mol. The van der Waals surface area contributed by atoms with E-state index in [9.17, 15) is 0 Å². The van der Waals surface area contributed by atoms with E-state index in [1.807, 2.05) is 0 Å². The van der Waals surface area contributed by atoms with E-state index < -0.39 is 16.4 Å². The van der Waals surface area contributed by atoms with Gasteiger partial charge in [-0.15, -0.1) is 0 Å². The van der Waals surface area contributed by atoms with Crippen molar-refractivity contribution in [3.05, 3.63) is 0 Å². The van der Waals surface area contributed by atoms with E-state index in [-0.39, 0.29) is 0 Å². The molecule has 0 aliphatic carbocycles. The summed E-state index contributed by atoms with van der Waals surface area (Å²) in [6.45, 7) is 10.2. The van der Waals surface area contributed by atoms with Crippen LogP contribution >= 0.6 is 16.4 Å². The van der Waals surface area contributed by atoms with E-state index in [0.717, 1.165) is 0 Å². The molecule has 0 spiro atoms. The maximum atomic E-state index is 3.97. The molecule has 0 saturated carbocycles. The third kappa shape index (κ3) is 5.91. The molecule has 4 aliphatic rings. The molecule has 4 nitrogen and oxygen atoms in total. The van der Waals surface area contributed by atoms with Crippen LogP contribution in [0.4, 0.5) is 0 Å².